The lowest BCUT2D eigenvalue weighted by Crippen LogP contribution is -2.16. The quantitative estimate of drug-likeness (QED) is 0.877. The van der Waals surface area contributed by atoms with E-state index in [9.17, 15) is 4.39 Å². The van der Waals surface area contributed by atoms with Gasteiger partial charge in [-0.2, -0.15) is 5.10 Å². The van der Waals surface area contributed by atoms with Crippen molar-refractivity contribution in [3.8, 4) is 0 Å². The van der Waals surface area contributed by atoms with Crippen LogP contribution in [0, 0.1) is 5.82 Å². The summed E-state index contributed by atoms with van der Waals surface area (Å²) in [4.78, 5) is 3.80. The molecule has 4 nitrogen and oxygen atoms in total. The normalized spacial score (nSPS) is 12.7. The maximum absolute atomic E-state index is 13.1. The molecule has 0 radical (unpaired) electrons. The second kappa shape index (κ2) is 4.63. The molecule has 0 aliphatic heterocycles. The third-order valence-electron chi connectivity index (χ3n) is 2.73. The maximum atomic E-state index is 13.1. The summed E-state index contributed by atoms with van der Waals surface area (Å²) in [6.07, 6.45) is 3.59. The molecular formula is C12H15FN4. The van der Waals surface area contributed by atoms with Crippen molar-refractivity contribution < 1.29 is 4.39 Å². The molecule has 0 saturated carbocycles. The molecule has 0 bridgehead atoms. The van der Waals surface area contributed by atoms with E-state index in [1.165, 1.54) is 6.07 Å². The second-order valence-electron chi connectivity index (χ2n) is 3.95. The van der Waals surface area contributed by atoms with Gasteiger partial charge in [0.15, 0.2) is 0 Å². The summed E-state index contributed by atoms with van der Waals surface area (Å²) >= 11 is 0. The van der Waals surface area contributed by atoms with Gasteiger partial charge in [-0.3, -0.25) is 9.67 Å². The van der Waals surface area contributed by atoms with Crippen molar-refractivity contribution in [2.24, 2.45) is 12.8 Å². The number of hydrogen-bond donors (Lipinski definition) is 1. The van der Waals surface area contributed by atoms with Gasteiger partial charge in [0.25, 0.3) is 0 Å². The average molecular weight is 234 g/mol. The Hall–Kier alpha value is -1.75. The highest BCUT2D eigenvalue weighted by atomic mass is 19.1. The van der Waals surface area contributed by atoms with Crippen LogP contribution in [0.25, 0.3) is 0 Å². The highest BCUT2D eigenvalue weighted by Gasteiger charge is 2.15. The molecule has 0 saturated heterocycles. The number of nitrogens with zero attached hydrogens (tertiary/aromatic N) is 3. The molecular weight excluding hydrogens is 219 g/mol. The number of halogens is 1. The summed E-state index contributed by atoms with van der Waals surface area (Å²) in [7, 11) is 1.83. The highest BCUT2D eigenvalue weighted by molar-refractivity contribution is 5.26. The molecule has 5 heteroatoms. The predicted octanol–water partition coefficient (Wildman–Crippen LogP) is 1.56. The van der Waals surface area contributed by atoms with E-state index in [2.05, 4.69) is 10.1 Å². The van der Waals surface area contributed by atoms with Crippen molar-refractivity contribution in [3.63, 3.8) is 0 Å². The van der Waals surface area contributed by atoms with Crippen molar-refractivity contribution in [1.29, 1.82) is 0 Å². The van der Waals surface area contributed by atoms with E-state index >= 15 is 0 Å². The number of pyridine rings is 1. The van der Waals surface area contributed by atoms with Gasteiger partial charge >= 0.3 is 0 Å². The fourth-order valence-electron chi connectivity index (χ4n) is 1.78. The number of hydrogen-bond acceptors (Lipinski definition) is 3. The van der Waals surface area contributed by atoms with E-state index in [0.717, 1.165) is 24.0 Å². The van der Waals surface area contributed by atoms with Crippen molar-refractivity contribution in [2.75, 3.05) is 0 Å². The van der Waals surface area contributed by atoms with Crippen LogP contribution in [-0.2, 0) is 13.5 Å². The Morgan fingerprint density at radius 2 is 2.18 bits per heavy atom. The zero-order valence-electron chi connectivity index (χ0n) is 9.89. The van der Waals surface area contributed by atoms with Gasteiger partial charge < -0.3 is 5.73 Å². The Bertz CT molecular complexity index is 521. The van der Waals surface area contributed by atoms with Gasteiger partial charge in [-0.05, 0) is 24.1 Å². The molecule has 2 N–H and O–H groups in total. The van der Waals surface area contributed by atoms with Crippen LogP contribution in [0.2, 0.25) is 0 Å². The summed E-state index contributed by atoms with van der Waals surface area (Å²) in [5.41, 5.74) is 8.57. The SMILES string of the molecule is CCc1cc(C(N)c2cncc(F)c2)n(C)n1. The summed E-state index contributed by atoms with van der Waals surface area (Å²) in [6, 6.07) is 2.93. The fraction of sp³-hybridized carbons (Fsp3) is 0.333. The largest absolute Gasteiger partial charge is 0.319 e. The summed E-state index contributed by atoms with van der Waals surface area (Å²) in [6.45, 7) is 2.03. The minimum atomic E-state index is -0.406. The lowest BCUT2D eigenvalue weighted by molar-refractivity contribution is 0.611. The minimum absolute atomic E-state index is 0.379. The molecule has 17 heavy (non-hydrogen) atoms. The van der Waals surface area contributed by atoms with E-state index < -0.39 is 6.04 Å². The van der Waals surface area contributed by atoms with Gasteiger partial charge in [0.2, 0.25) is 0 Å². The molecule has 90 valence electrons. The standard InChI is InChI=1S/C12H15FN4/c1-3-10-5-11(17(2)16-10)12(14)8-4-9(13)7-15-6-8/h4-7,12H,3,14H2,1-2H3. The van der Waals surface area contributed by atoms with Crippen LogP contribution in [-0.4, -0.2) is 14.8 Å². The van der Waals surface area contributed by atoms with E-state index in [0.29, 0.717) is 5.56 Å². The van der Waals surface area contributed by atoms with E-state index in [4.69, 9.17) is 5.73 Å². The van der Waals surface area contributed by atoms with Gasteiger partial charge in [0.1, 0.15) is 5.82 Å². The van der Waals surface area contributed by atoms with Gasteiger partial charge in [-0.1, -0.05) is 6.92 Å². The molecule has 1 atom stereocenters. The van der Waals surface area contributed by atoms with Crippen LogP contribution < -0.4 is 5.73 Å². The molecule has 1 unspecified atom stereocenters. The first-order valence-corrected chi connectivity index (χ1v) is 5.50. The van der Waals surface area contributed by atoms with Crippen LogP contribution >= 0.6 is 0 Å². The minimum Gasteiger partial charge on any atom is -0.319 e. The zero-order valence-corrected chi connectivity index (χ0v) is 9.89. The number of aryl methyl sites for hydroxylation is 2. The second-order valence-corrected chi connectivity index (χ2v) is 3.95. The number of rotatable bonds is 3. The molecule has 0 spiro atoms. The first kappa shape index (κ1) is 11.7. The van der Waals surface area contributed by atoms with Crippen LogP contribution in [0.5, 0.6) is 0 Å². The summed E-state index contributed by atoms with van der Waals surface area (Å²) in [5.74, 6) is -0.379. The third kappa shape index (κ3) is 2.34. The number of aromatic nitrogens is 3. The van der Waals surface area contributed by atoms with Crippen LogP contribution in [0.4, 0.5) is 4.39 Å². The zero-order chi connectivity index (χ0) is 12.4. The maximum Gasteiger partial charge on any atom is 0.141 e. The van der Waals surface area contributed by atoms with Crippen LogP contribution in [0.15, 0.2) is 24.5 Å². The highest BCUT2D eigenvalue weighted by Crippen LogP contribution is 2.19. The lowest BCUT2D eigenvalue weighted by atomic mass is 10.1. The smallest absolute Gasteiger partial charge is 0.141 e. The monoisotopic (exact) mass is 234 g/mol. The van der Waals surface area contributed by atoms with E-state index in [-0.39, 0.29) is 5.82 Å². The molecule has 0 aromatic carbocycles. The topological polar surface area (TPSA) is 56.7 Å². The lowest BCUT2D eigenvalue weighted by Gasteiger charge is -2.11. The Morgan fingerprint density at radius 3 is 2.76 bits per heavy atom. The first-order chi connectivity index (χ1) is 8.11. The molecule has 2 heterocycles. The van der Waals surface area contributed by atoms with Crippen LogP contribution in [0.3, 0.4) is 0 Å². The first-order valence-electron chi connectivity index (χ1n) is 5.50. The Morgan fingerprint density at radius 1 is 1.41 bits per heavy atom. The fourth-order valence-corrected chi connectivity index (χ4v) is 1.78. The van der Waals surface area contributed by atoms with Gasteiger partial charge in [0.05, 0.1) is 23.6 Å². The molecule has 0 fully saturated rings. The van der Waals surface area contributed by atoms with Crippen molar-refractivity contribution in [2.45, 2.75) is 19.4 Å². The summed E-state index contributed by atoms with van der Waals surface area (Å²) in [5, 5.41) is 4.32. The van der Waals surface area contributed by atoms with Crippen molar-refractivity contribution in [3.05, 3.63) is 47.3 Å². The Kier molecular flexibility index (Phi) is 3.19. The molecule has 0 aliphatic carbocycles. The number of nitrogens with two attached hydrogens (primary N) is 1. The molecule has 2 aromatic rings. The Balaban J connectivity index is 2.36. The molecule has 2 aromatic heterocycles. The van der Waals surface area contributed by atoms with E-state index in [1.807, 2.05) is 20.0 Å². The third-order valence-corrected chi connectivity index (χ3v) is 2.73. The van der Waals surface area contributed by atoms with Gasteiger partial charge in [-0.25, -0.2) is 4.39 Å². The molecule has 0 amide bonds. The van der Waals surface area contributed by atoms with E-state index in [1.54, 1.807) is 10.9 Å². The predicted molar refractivity (Wildman–Crippen MR) is 62.8 cm³/mol. The Labute approximate surface area is 99.3 Å². The van der Waals surface area contributed by atoms with Crippen LogP contribution in [0.1, 0.15) is 29.9 Å². The average Bonchev–Trinajstić information content (AvgIpc) is 2.69. The molecule has 2 rings (SSSR count). The van der Waals surface area contributed by atoms with Crippen molar-refractivity contribution >= 4 is 0 Å². The van der Waals surface area contributed by atoms with Gasteiger partial charge in [-0.15, -0.1) is 0 Å². The summed E-state index contributed by atoms with van der Waals surface area (Å²) < 4.78 is 14.8. The van der Waals surface area contributed by atoms with Crippen molar-refractivity contribution in [1.82, 2.24) is 14.8 Å². The molecule has 0 aliphatic rings. The van der Waals surface area contributed by atoms with Gasteiger partial charge in [0, 0.05) is 13.2 Å².